The summed E-state index contributed by atoms with van der Waals surface area (Å²) in [7, 11) is 2.93. The fourth-order valence-electron chi connectivity index (χ4n) is 1.59. The normalized spacial score (nSPS) is 13.7. The molecule has 1 aromatic rings. The van der Waals surface area contributed by atoms with Crippen LogP contribution in [0, 0.1) is 0 Å². The number of aliphatic hydroxyl groups is 1. The fourth-order valence-corrected chi connectivity index (χ4v) is 1.59. The molecule has 0 saturated heterocycles. The highest BCUT2D eigenvalue weighted by atomic mass is 16.5. The molecule has 0 fully saturated rings. The van der Waals surface area contributed by atoms with Crippen molar-refractivity contribution in [3.05, 3.63) is 29.8 Å². The highest BCUT2D eigenvalue weighted by Gasteiger charge is 2.17. The molecule has 0 aliphatic rings. The number of esters is 1. The summed E-state index contributed by atoms with van der Waals surface area (Å²) < 4.78 is 9.60. The SMILES string of the molecule is COC(=O)CC(O)C(C)NCc1ccc(OC)cc1. The Balaban J connectivity index is 2.40. The largest absolute Gasteiger partial charge is 0.497 e. The first-order valence-electron chi connectivity index (χ1n) is 6.18. The Kier molecular flexibility index (Phi) is 6.32. The molecule has 5 nitrogen and oxygen atoms in total. The van der Waals surface area contributed by atoms with E-state index in [4.69, 9.17) is 4.74 Å². The third kappa shape index (κ3) is 5.28. The van der Waals surface area contributed by atoms with Crippen LogP contribution >= 0.6 is 0 Å². The second-order valence-electron chi connectivity index (χ2n) is 4.37. The topological polar surface area (TPSA) is 67.8 Å². The Morgan fingerprint density at radius 2 is 1.95 bits per heavy atom. The number of ether oxygens (including phenoxy) is 2. The molecule has 19 heavy (non-hydrogen) atoms. The van der Waals surface area contributed by atoms with Crippen molar-refractivity contribution >= 4 is 5.97 Å². The van der Waals surface area contributed by atoms with Crippen LogP contribution in [0.2, 0.25) is 0 Å². The average Bonchev–Trinajstić information content (AvgIpc) is 2.44. The lowest BCUT2D eigenvalue weighted by Crippen LogP contribution is -2.38. The van der Waals surface area contributed by atoms with Crippen LogP contribution in [0.5, 0.6) is 5.75 Å². The molecule has 2 N–H and O–H groups in total. The Bertz CT molecular complexity index is 391. The molecule has 1 rings (SSSR count). The van der Waals surface area contributed by atoms with Gasteiger partial charge in [-0.15, -0.1) is 0 Å². The number of carbonyl (C=O) groups is 1. The first-order chi connectivity index (χ1) is 9.06. The van der Waals surface area contributed by atoms with Crippen molar-refractivity contribution in [2.24, 2.45) is 0 Å². The van der Waals surface area contributed by atoms with Gasteiger partial charge in [-0.05, 0) is 24.6 Å². The van der Waals surface area contributed by atoms with Crippen molar-refractivity contribution in [2.75, 3.05) is 14.2 Å². The van der Waals surface area contributed by atoms with Gasteiger partial charge < -0.3 is 19.9 Å². The average molecular weight is 267 g/mol. The van der Waals surface area contributed by atoms with E-state index < -0.39 is 12.1 Å². The van der Waals surface area contributed by atoms with Crippen LogP contribution in [0.15, 0.2) is 24.3 Å². The van der Waals surface area contributed by atoms with E-state index >= 15 is 0 Å². The van der Waals surface area contributed by atoms with Gasteiger partial charge in [0.25, 0.3) is 0 Å². The van der Waals surface area contributed by atoms with Gasteiger partial charge >= 0.3 is 5.97 Å². The highest BCUT2D eigenvalue weighted by molar-refractivity contribution is 5.69. The maximum atomic E-state index is 11.0. The van der Waals surface area contributed by atoms with Crippen molar-refractivity contribution in [1.82, 2.24) is 5.32 Å². The molecule has 0 aliphatic carbocycles. The maximum absolute atomic E-state index is 11.0. The number of hydrogen-bond acceptors (Lipinski definition) is 5. The number of rotatable bonds is 7. The van der Waals surface area contributed by atoms with Crippen LogP contribution in [0.3, 0.4) is 0 Å². The van der Waals surface area contributed by atoms with E-state index in [0.717, 1.165) is 11.3 Å². The molecule has 2 atom stereocenters. The minimum Gasteiger partial charge on any atom is -0.497 e. The van der Waals surface area contributed by atoms with Crippen LogP contribution in [0.1, 0.15) is 18.9 Å². The van der Waals surface area contributed by atoms with Crippen LogP contribution in [0.25, 0.3) is 0 Å². The molecule has 5 heteroatoms. The van der Waals surface area contributed by atoms with Gasteiger partial charge in [-0.3, -0.25) is 4.79 Å². The maximum Gasteiger partial charge on any atom is 0.308 e. The minimum atomic E-state index is -0.759. The summed E-state index contributed by atoms with van der Waals surface area (Å²) >= 11 is 0. The number of nitrogens with one attached hydrogen (secondary N) is 1. The van der Waals surface area contributed by atoms with E-state index in [1.54, 1.807) is 7.11 Å². The van der Waals surface area contributed by atoms with Gasteiger partial charge in [0, 0.05) is 12.6 Å². The minimum absolute atomic E-state index is 0.00667. The molecule has 0 spiro atoms. The highest BCUT2D eigenvalue weighted by Crippen LogP contribution is 2.11. The van der Waals surface area contributed by atoms with E-state index in [9.17, 15) is 9.90 Å². The molecule has 1 aromatic carbocycles. The zero-order chi connectivity index (χ0) is 14.3. The molecule has 0 saturated carbocycles. The Morgan fingerprint density at radius 1 is 1.32 bits per heavy atom. The molecular weight excluding hydrogens is 246 g/mol. The molecule has 106 valence electrons. The first kappa shape index (κ1) is 15.5. The summed E-state index contributed by atoms with van der Waals surface area (Å²) in [5, 5.41) is 13.0. The Hall–Kier alpha value is -1.59. The third-order valence-electron chi connectivity index (χ3n) is 2.97. The Morgan fingerprint density at radius 3 is 2.47 bits per heavy atom. The zero-order valence-corrected chi connectivity index (χ0v) is 11.6. The summed E-state index contributed by atoms with van der Waals surface area (Å²) in [6.07, 6.45) is -0.765. The van der Waals surface area contributed by atoms with Crippen molar-refractivity contribution < 1.29 is 19.4 Å². The summed E-state index contributed by atoms with van der Waals surface area (Å²) in [6, 6.07) is 7.47. The lowest BCUT2D eigenvalue weighted by atomic mass is 10.1. The molecule has 0 bridgehead atoms. The predicted octanol–water partition coefficient (Wildman–Crippen LogP) is 1.10. The molecule has 0 amide bonds. The lowest BCUT2D eigenvalue weighted by Gasteiger charge is -2.19. The zero-order valence-electron chi connectivity index (χ0n) is 11.6. The second-order valence-corrected chi connectivity index (χ2v) is 4.37. The van der Waals surface area contributed by atoms with Gasteiger partial charge in [0.15, 0.2) is 0 Å². The molecule has 0 aromatic heterocycles. The van der Waals surface area contributed by atoms with Gasteiger partial charge in [0.2, 0.25) is 0 Å². The summed E-state index contributed by atoms with van der Waals surface area (Å²) in [6.45, 7) is 2.44. The Labute approximate surface area is 113 Å². The van der Waals surface area contributed by atoms with Gasteiger partial charge in [-0.25, -0.2) is 0 Å². The number of hydrogen-bond donors (Lipinski definition) is 2. The number of aliphatic hydroxyl groups excluding tert-OH is 1. The molecule has 0 aliphatic heterocycles. The number of carbonyl (C=O) groups excluding carboxylic acids is 1. The quantitative estimate of drug-likeness (QED) is 0.724. The van der Waals surface area contributed by atoms with E-state index in [2.05, 4.69) is 10.1 Å². The van der Waals surface area contributed by atoms with E-state index in [0.29, 0.717) is 6.54 Å². The summed E-state index contributed by atoms with van der Waals surface area (Å²) in [5.74, 6) is 0.396. The van der Waals surface area contributed by atoms with Crippen LogP contribution in [-0.4, -0.2) is 37.4 Å². The molecule has 0 radical (unpaired) electrons. The van der Waals surface area contributed by atoms with Crippen LogP contribution < -0.4 is 10.1 Å². The summed E-state index contributed by atoms with van der Waals surface area (Å²) in [4.78, 5) is 11.0. The standard InChI is InChI=1S/C14H21NO4/c1-10(13(16)8-14(17)19-3)15-9-11-4-6-12(18-2)7-5-11/h4-7,10,13,15-16H,8-9H2,1-3H3. The van der Waals surface area contributed by atoms with Crippen LogP contribution in [0.4, 0.5) is 0 Å². The van der Waals surface area contributed by atoms with E-state index in [1.807, 2.05) is 31.2 Å². The van der Waals surface area contributed by atoms with Gasteiger partial charge in [-0.1, -0.05) is 12.1 Å². The second kappa shape index (κ2) is 7.76. The molecular formula is C14H21NO4. The van der Waals surface area contributed by atoms with Crippen molar-refractivity contribution in [3.63, 3.8) is 0 Å². The van der Waals surface area contributed by atoms with Gasteiger partial charge in [0.05, 0.1) is 26.7 Å². The predicted molar refractivity (Wildman–Crippen MR) is 71.9 cm³/mol. The van der Waals surface area contributed by atoms with Gasteiger partial charge in [0.1, 0.15) is 5.75 Å². The van der Waals surface area contributed by atoms with Crippen molar-refractivity contribution in [1.29, 1.82) is 0 Å². The summed E-state index contributed by atoms with van der Waals surface area (Å²) in [5.41, 5.74) is 1.08. The first-order valence-corrected chi connectivity index (χ1v) is 6.18. The molecule has 0 heterocycles. The lowest BCUT2D eigenvalue weighted by molar-refractivity contribution is -0.143. The van der Waals surface area contributed by atoms with Crippen molar-refractivity contribution in [2.45, 2.75) is 32.0 Å². The third-order valence-corrected chi connectivity index (χ3v) is 2.97. The van der Waals surface area contributed by atoms with Crippen LogP contribution in [-0.2, 0) is 16.1 Å². The van der Waals surface area contributed by atoms with Gasteiger partial charge in [-0.2, -0.15) is 0 Å². The monoisotopic (exact) mass is 267 g/mol. The molecule has 2 unspecified atom stereocenters. The number of benzene rings is 1. The van der Waals surface area contributed by atoms with E-state index in [1.165, 1.54) is 7.11 Å². The smallest absolute Gasteiger partial charge is 0.308 e. The van der Waals surface area contributed by atoms with Crippen molar-refractivity contribution in [3.8, 4) is 5.75 Å². The fraction of sp³-hybridized carbons (Fsp3) is 0.500. The number of methoxy groups -OCH3 is 2. The van der Waals surface area contributed by atoms with E-state index in [-0.39, 0.29) is 12.5 Å².